The first-order valence-corrected chi connectivity index (χ1v) is 20.5. The van der Waals surface area contributed by atoms with E-state index in [9.17, 15) is 61.9 Å². The van der Waals surface area contributed by atoms with Crippen LogP contribution in [-0.2, 0) is 38.8 Å². The van der Waals surface area contributed by atoms with Crippen LogP contribution < -0.4 is 10.6 Å². The van der Waals surface area contributed by atoms with Gasteiger partial charge in [-0.15, -0.1) is 0 Å². The predicted molar refractivity (Wildman–Crippen MR) is 221 cm³/mol. The van der Waals surface area contributed by atoms with Gasteiger partial charge in [0, 0.05) is 75.1 Å². The van der Waals surface area contributed by atoms with Crippen molar-refractivity contribution in [2.24, 2.45) is 0 Å². The predicted octanol–water partition coefficient (Wildman–Crippen LogP) is 7.42. The second kappa shape index (κ2) is 25.7. The van der Waals surface area contributed by atoms with Crippen LogP contribution in [0.2, 0.25) is 0 Å². The van der Waals surface area contributed by atoms with Crippen LogP contribution in [0.4, 0.5) is 57.1 Å². The van der Waals surface area contributed by atoms with Crippen LogP contribution in [0.5, 0.6) is 0 Å². The fourth-order valence-corrected chi connectivity index (χ4v) is 7.17. The van der Waals surface area contributed by atoms with Gasteiger partial charge in [0.25, 0.3) is 5.91 Å². The number of benzene rings is 3. The number of nitrogens with zero attached hydrogens (tertiary/aromatic N) is 3. The Labute approximate surface area is 390 Å². The topological polar surface area (TPSA) is 200 Å². The normalized spacial score (nSPS) is 18.6. The van der Waals surface area contributed by atoms with Gasteiger partial charge in [0.15, 0.2) is 0 Å². The Kier molecular flexibility index (Phi) is 22.0. The van der Waals surface area contributed by atoms with Gasteiger partial charge in [-0.05, 0) is 92.4 Å². The number of alkyl halides is 12. The van der Waals surface area contributed by atoms with Crippen molar-refractivity contribution in [1.29, 1.82) is 0 Å². The van der Waals surface area contributed by atoms with Crippen molar-refractivity contribution in [2.45, 2.75) is 82.1 Å². The summed E-state index contributed by atoms with van der Waals surface area (Å²) < 4.78 is 142. The minimum absolute atomic E-state index is 0.108. The molecule has 1 spiro atoms. The fraction of sp³-hybridized carbons (Fsp3) is 0.465. The Hall–Kier alpha value is -6.06. The summed E-state index contributed by atoms with van der Waals surface area (Å²) in [6.07, 6.45) is -16.5. The summed E-state index contributed by atoms with van der Waals surface area (Å²) in [6.45, 7) is 10.7. The van der Waals surface area contributed by atoms with Crippen molar-refractivity contribution in [3.63, 3.8) is 0 Å². The molecule has 3 aromatic carbocycles. The molecule has 2 atom stereocenters. The molecule has 0 saturated carbocycles. The van der Waals surface area contributed by atoms with E-state index in [-0.39, 0.29) is 11.7 Å². The molecule has 1 unspecified atom stereocenters. The first-order chi connectivity index (χ1) is 32.1. The molecule has 1 amide bonds. The fourth-order valence-electron chi connectivity index (χ4n) is 7.17. The second-order valence-corrected chi connectivity index (χ2v) is 15.9. The van der Waals surface area contributed by atoms with E-state index in [0.717, 1.165) is 56.9 Å². The standard InChI is InChI=1S/C35H44FN5O.4C2HF3O2/c1-26-22-40(17-14-37-26)23-28-6-3-8-30(18-28)32-20-27(10-11-33(32)36)21-38-34(42)31-9-4-7-29(19-31)24-41-16-13-35(25-41)12-5-15-39(35)2;4*3-2(4,5)1(6)7/h3-4,6-11,18-20,26,37H,5,12-17,21-25H2,1-2H3,(H,38,42);4*(H,6,7)/t26-,35?;;;;/m0..../s1. The molecule has 0 aliphatic carbocycles. The molecular formula is C43H48F13N5O9. The molecule has 0 aromatic heterocycles. The Bertz CT molecular complexity index is 2150. The van der Waals surface area contributed by atoms with Crippen LogP contribution in [0.3, 0.4) is 0 Å². The molecule has 0 bridgehead atoms. The molecule has 27 heteroatoms. The van der Waals surface area contributed by atoms with Crippen molar-refractivity contribution >= 4 is 29.8 Å². The maximum atomic E-state index is 15.0. The number of piperazine rings is 1. The third-order valence-electron chi connectivity index (χ3n) is 10.5. The summed E-state index contributed by atoms with van der Waals surface area (Å²) >= 11 is 0. The molecule has 6 N–H and O–H groups in total. The maximum absolute atomic E-state index is 15.0. The number of nitrogens with one attached hydrogen (secondary N) is 2. The number of carbonyl (C=O) groups is 5. The smallest absolute Gasteiger partial charge is 0.475 e. The van der Waals surface area contributed by atoms with Crippen LogP contribution in [-0.4, -0.2) is 148 Å². The van der Waals surface area contributed by atoms with Crippen LogP contribution in [0, 0.1) is 5.82 Å². The van der Waals surface area contributed by atoms with Gasteiger partial charge < -0.3 is 31.1 Å². The SMILES string of the molecule is C[C@H]1CN(Cc2cccc(-c3cc(CNC(=O)c4cccc(CN5CCC6(CCCN6C)C5)c4)ccc3F)c2)CCN1.O=C(O)C(F)(F)F.O=C(O)C(F)(F)F.O=C(O)C(F)(F)F.O=C(O)C(F)(F)F. The number of carbonyl (C=O) groups excluding carboxylic acids is 1. The van der Waals surface area contributed by atoms with Crippen molar-refractivity contribution < 1.29 is 101 Å². The summed E-state index contributed by atoms with van der Waals surface area (Å²) in [7, 11) is 2.26. The highest BCUT2D eigenvalue weighted by molar-refractivity contribution is 5.94. The lowest BCUT2D eigenvalue weighted by atomic mass is 9.96. The average Bonchev–Trinajstić information content (AvgIpc) is 3.83. The molecule has 3 aliphatic rings. The zero-order valence-electron chi connectivity index (χ0n) is 37.0. The molecule has 14 nitrogen and oxygen atoms in total. The van der Waals surface area contributed by atoms with Gasteiger partial charge in [-0.1, -0.05) is 36.4 Å². The summed E-state index contributed by atoms with van der Waals surface area (Å²) in [5, 5.41) is 35.0. The largest absolute Gasteiger partial charge is 0.490 e. The Balaban J connectivity index is 0.000000487. The number of hydrogen-bond donors (Lipinski definition) is 6. The molecular weight excluding hydrogens is 977 g/mol. The Morgan fingerprint density at radius 2 is 1.16 bits per heavy atom. The van der Waals surface area contributed by atoms with E-state index in [2.05, 4.69) is 57.5 Å². The third-order valence-corrected chi connectivity index (χ3v) is 10.5. The van der Waals surface area contributed by atoms with Crippen molar-refractivity contribution in [3.8, 4) is 11.1 Å². The van der Waals surface area contributed by atoms with Gasteiger partial charge in [-0.3, -0.25) is 19.5 Å². The molecule has 3 aliphatic heterocycles. The molecule has 3 saturated heterocycles. The molecule has 70 heavy (non-hydrogen) atoms. The van der Waals surface area contributed by atoms with Gasteiger partial charge in [0.1, 0.15) is 5.82 Å². The van der Waals surface area contributed by atoms with E-state index in [0.29, 0.717) is 29.3 Å². The monoisotopic (exact) mass is 1030 g/mol. The first-order valence-electron chi connectivity index (χ1n) is 20.5. The van der Waals surface area contributed by atoms with Crippen molar-refractivity contribution in [3.05, 3.63) is 94.8 Å². The van der Waals surface area contributed by atoms with Crippen LogP contribution in [0.1, 0.15) is 53.2 Å². The molecule has 3 heterocycles. The summed E-state index contributed by atoms with van der Waals surface area (Å²) in [5.41, 5.74) is 5.65. The lowest BCUT2D eigenvalue weighted by Gasteiger charge is -2.32. The van der Waals surface area contributed by atoms with Gasteiger partial charge in [0.05, 0.1) is 0 Å². The number of hydrogen-bond acceptors (Lipinski definition) is 9. The van der Waals surface area contributed by atoms with Gasteiger partial charge >= 0.3 is 48.6 Å². The van der Waals surface area contributed by atoms with E-state index < -0.39 is 48.6 Å². The molecule has 3 fully saturated rings. The number of amides is 1. The summed E-state index contributed by atoms with van der Waals surface area (Å²) in [5.74, 6) is -11.4. The molecule has 0 radical (unpaired) electrons. The van der Waals surface area contributed by atoms with Gasteiger partial charge in [-0.2, -0.15) is 52.7 Å². The highest BCUT2D eigenvalue weighted by atomic mass is 19.4. The van der Waals surface area contributed by atoms with Crippen molar-refractivity contribution in [2.75, 3.05) is 46.3 Å². The van der Waals surface area contributed by atoms with Crippen LogP contribution in [0.25, 0.3) is 11.1 Å². The van der Waals surface area contributed by atoms with E-state index in [1.807, 2.05) is 36.4 Å². The molecule has 3 aromatic rings. The third kappa shape index (κ3) is 20.5. The van der Waals surface area contributed by atoms with Gasteiger partial charge in [-0.25, -0.2) is 23.6 Å². The summed E-state index contributed by atoms with van der Waals surface area (Å²) in [4.78, 5) is 56.2. The second-order valence-electron chi connectivity index (χ2n) is 15.9. The number of likely N-dealkylation sites (N-methyl/N-ethyl adjacent to an activating group) is 1. The first kappa shape index (κ1) is 60.1. The number of rotatable bonds is 8. The van der Waals surface area contributed by atoms with E-state index in [1.54, 1.807) is 6.07 Å². The van der Waals surface area contributed by atoms with Crippen LogP contribution >= 0.6 is 0 Å². The quantitative estimate of drug-likeness (QED) is 0.122. The lowest BCUT2D eigenvalue weighted by molar-refractivity contribution is -0.193. The number of carboxylic acid groups (broad SMARTS) is 4. The average molecular weight is 1030 g/mol. The zero-order chi connectivity index (χ0) is 53.4. The molecule has 390 valence electrons. The van der Waals surface area contributed by atoms with Crippen LogP contribution in [0.15, 0.2) is 66.7 Å². The zero-order valence-corrected chi connectivity index (χ0v) is 37.0. The number of halogens is 13. The maximum Gasteiger partial charge on any atom is 0.490 e. The number of carboxylic acids is 4. The summed E-state index contributed by atoms with van der Waals surface area (Å²) in [6, 6.07) is 21.7. The Morgan fingerprint density at radius 1 is 0.657 bits per heavy atom. The number of aliphatic carboxylic acids is 4. The van der Waals surface area contributed by atoms with E-state index in [4.69, 9.17) is 39.6 Å². The highest BCUT2D eigenvalue weighted by Gasteiger charge is 2.44. The minimum Gasteiger partial charge on any atom is -0.475 e. The van der Waals surface area contributed by atoms with E-state index >= 15 is 0 Å². The minimum atomic E-state index is -5.08. The molecule has 6 rings (SSSR count). The lowest BCUT2D eigenvalue weighted by Crippen LogP contribution is -2.48. The Morgan fingerprint density at radius 3 is 1.64 bits per heavy atom. The van der Waals surface area contributed by atoms with Gasteiger partial charge in [0.2, 0.25) is 0 Å². The van der Waals surface area contributed by atoms with Crippen molar-refractivity contribution in [1.82, 2.24) is 25.3 Å². The highest BCUT2D eigenvalue weighted by Crippen LogP contribution is 2.37. The van der Waals surface area contributed by atoms with E-state index in [1.165, 1.54) is 43.0 Å². The number of likely N-dealkylation sites (tertiary alicyclic amines) is 2.